The first kappa shape index (κ1) is 9.70. The molecule has 2 saturated carbocycles. The molecule has 1 aliphatic heterocycles. The summed E-state index contributed by atoms with van der Waals surface area (Å²) in [7, 11) is 0. The highest BCUT2D eigenvalue weighted by Crippen LogP contribution is 2.48. The smallest absolute Gasteiger partial charge is 0.229 e. The Bertz CT molecular complexity index is 316. The van der Waals surface area contributed by atoms with Crippen LogP contribution < -0.4 is 5.32 Å². The van der Waals surface area contributed by atoms with E-state index in [1.165, 1.54) is 19.3 Å². The van der Waals surface area contributed by atoms with Crippen molar-refractivity contribution in [3.63, 3.8) is 0 Å². The Kier molecular flexibility index (Phi) is 2.47. The number of amides is 1. The van der Waals surface area contributed by atoms with Crippen LogP contribution in [0.2, 0.25) is 0 Å². The van der Waals surface area contributed by atoms with Crippen molar-refractivity contribution in [2.24, 2.45) is 22.7 Å². The molecule has 3 atom stereocenters. The number of fused-ring (bicyclic) bond motifs is 2. The van der Waals surface area contributed by atoms with Crippen molar-refractivity contribution < 1.29 is 4.79 Å². The molecule has 0 radical (unpaired) electrons. The number of aliphatic imine (C=N–C) groups is 1. The Morgan fingerprint density at radius 2 is 2.33 bits per heavy atom. The Labute approximate surface area is 94.1 Å². The average Bonchev–Trinajstić information content (AvgIpc) is 2.93. The first-order valence-electron chi connectivity index (χ1n) is 5.81. The van der Waals surface area contributed by atoms with Gasteiger partial charge in [-0.1, -0.05) is 18.2 Å². The Balaban J connectivity index is 1.60. The lowest BCUT2D eigenvalue weighted by Gasteiger charge is -2.20. The zero-order valence-corrected chi connectivity index (χ0v) is 9.55. The Morgan fingerprint density at radius 1 is 1.40 bits per heavy atom. The molecule has 1 amide bonds. The normalized spacial score (nSPS) is 38.1. The van der Waals surface area contributed by atoms with Crippen LogP contribution in [0.3, 0.4) is 0 Å². The number of nitrogens with one attached hydrogen (secondary N) is 1. The van der Waals surface area contributed by atoms with E-state index in [-0.39, 0.29) is 11.8 Å². The maximum atomic E-state index is 12.0. The molecule has 0 aromatic heterocycles. The first-order valence-corrected chi connectivity index (χ1v) is 6.79. The molecule has 2 fully saturated rings. The largest absolute Gasteiger partial charge is 0.305 e. The topological polar surface area (TPSA) is 41.5 Å². The van der Waals surface area contributed by atoms with Crippen molar-refractivity contribution in [2.45, 2.75) is 25.7 Å². The number of thioether (sulfide) groups is 1. The monoisotopic (exact) mass is 224 g/mol. The molecule has 3 rings (SSSR count). The van der Waals surface area contributed by atoms with Gasteiger partial charge >= 0.3 is 0 Å². The van der Waals surface area contributed by atoms with Gasteiger partial charge in [-0.15, -0.1) is 0 Å². The van der Waals surface area contributed by atoms with E-state index >= 15 is 0 Å². The lowest BCUT2D eigenvalue weighted by molar-refractivity contribution is -0.124. The molecule has 0 saturated heterocycles. The van der Waals surface area contributed by atoms with E-state index < -0.39 is 0 Å². The highest BCUT2D eigenvalue weighted by molar-refractivity contribution is 8.14. The van der Waals surface area contributed by atoms with Gasteiger partial charge < -0.3 is 5.32 Å². The summed E-state index contributed by atoms with van der Waals surface area (Å²) in [5.41, 5.74) is 0. The fraction of sp³-hybridized carbons (Fsp3) is 0.818. The predicted octanol–water partition coefficient (Wildman–Crippen LogP) is 1.64. The van der Waals surface area contributed by atoms with Gasteiger partial charge in [0.15, 0.2) is 5.17 Å². The summed E-state index contributed by atoms with van der Waals surface area (Å²) < 4.78 is 0. The van der Waals surface area contributed by atoms with Gasteiger partial charge in [0.2, 0.25) is 5.91 Å². The van der Waals surface area contributed by atoms with Gasteiger partial charge in [-0.3, -0.25) is 9.79 Å². The number of rotatable bonds is 1. The molecule has 2 bridgehead atoms. The standard InChI is InChI=1S/C11H16N2OS/c14-10(13-11-12-3-4-15-11)9-6-7-1-2-8(9)5-7/h7-9H,1-6H2,(H,12,13,14)/t7-,8+,9+/m1/s1. The van der Waals surface area contributed by atoms with Crippen LogP contribution in [0.15, 0.2) is 4.99 Å². The van der Waals surface area contributed by atoms with Crippen molar-refractivity contribution in [2.75, 3.05) is 12.3 Å². The maximum Gasteiger partial charge on any atom is 0.229 e. The van der Waals surface area contributed by atoms with E-state index in [1.54, 1.807) is 11.8 Å². The van der Waals surface area contributed by atoms with Crippen molar-refractivity contribution in [1.29, 1.82) is 0 Å². The lowest BCUT2D eigenvalue weighted by Crippen LogP contribution is -2.36. The molecular weight excluding hydrogens is 208 g/mol. The lowest BCUT2D eigenvalue weighted by atomic mass is 9.88. The minimum Gasteiger partial charge on any atom is -0.305 e. The minimum absolute atomic E-state index is 0.232. The van der Waals surface area contributed by atoms with E-state index in [0.29, 0.717) is 5.92 Å². The second-order valence-electron chi connectivity index (χ2n) is 4.81. The number of amidine groups is 1. The molecule has 3 aliphatic rings. The molecule has 0 unspecified atom stereocenters. The summed E-state index contributed by atoms with van der Waals surface area (Å²) in [4.78, 5) is 16.2. The van der Waals surface area contributed by atoms with Gasteiger partial charge in [-0.2, -0.15) is 0 Å². The molecule has 3 nitrogen and oxygen atoms in total. The highest BCUT2D eigenvalue weighted by Gasteiger charge is 2.43. The zero-order chi connectivity index (χ0) is 10.3. The quantitative estimate of drug-likeness (QED) is 0.735. The van der Waals surface area contributed by atoms with Crippen LogP contribution >= 0.6 is 11.8 Å². The first-order chi connectivity index (χ1) is 7.33. The fourth-order valence-electron chi connectivity index (χ4n) is 3.17. The van der Waals surface area contributed by atoms with E-state index in [2.05, 4.69) is 10.3 Å². The average molecular weight is 224 g/mol. The molecule has 0 aromatic carbocycles. The second-order valence-corrected chi connectivity index (χ2v) is 5.89. The zero-order valence-electron chi connectivity index (χ0n) is 8.74. The third-order valence-electron chi connectivity index (χ3n) is 3.89. The molecule has 1 heterocycles. The van der Waals surface area contributed by atoms with E-state index in [0.717, 1.165) is 29.8 Å². The molecule has 4 heteroatoms. The van der Waals surface area contributed by atoms with E-state index in [1.807, 2.05) is 0 Å². The Morgan fingerprint density at radius 3 is 2.93 bits per heavy atom. The van der Waals surface area contributed by atoms with Crippen LogP contribution in [0.1, 0.15) is 25.7 Å². The molecule has 0 aromatic rings. The van der Waals surface area contributed by atoms with Gasteiger partial charge in [0, 0.05) is 11.7 Å². The molecule has 2 aliphatic carbocycles. The second kappa shape index (κ2) is 3.81. The van der Waals surface area contributed by atoms with Crippen LogP contribution in [-0.4, -0.2) is 23.4 Å². The Hall–Kier alpha value is -0.510. The highest BCUT2D eigenvalue weighted by atomic mass is 32.2. The van der Waals surface area contributed by atoms with Crippen LogP contribution in [0.4, 0.5) is 0 Å². The summed E-state index contributed by atoms with van der Waals surface area (Å²) in [5.74, 6) is 3.04. The molecule has 1 N–H and O–H groups in total. The van der Waals surface area contributed by atoms with Crippen molar-refractivity contribution in [3.05, 3.63) is 0 Å². The van der Waals surface area contributed by atoms with Crippen LogP contribution in [0.5, 0.6) is 0 Å². The third-order valence-corrected chi connectivity index (χ3v) is 4.78. The van der Waals surface area contributed by atoms with Crippen molar-refractivity contribution in [3.8, 4) is 0 Å². The summed E-state index contributed by atoms with van der Waals surface area (Å²) in [6.07, 6.45) is 5.03. The molecular formula is C11H16N2OS. The van der Waals surface area contributed by atoms with E-state index in [4.69, 9.17) is 0 Å². The van der Waals surface area contributed by atoms with Crippen molar-refractivity contribution in [1.82, 2.24) is 5.32 Å². The number of carbonyl (C=O) groups is 1. The van der Waals surface area contributed by atoms with Crippen LogP contribution in [-0.2, 0) is 4.79 Å². The van der Waals surface area contributed by atoms with Gasteiger partial charge in [0.25, 0.3) is 0 Å². The molecule has 15 heavy (non-hydrogen) atoms. The number of hydrogen-bond donors (Lipinski definition) is 1. The van der Waals surface area contributed by atoms with Crippen LogP contribution in [0.25, 0.3) is 0 Å². The number of nitrogens with zero attached hydrogens (tertiary/aromatic N) is 1. The SMILES string of the molecule is O=C(NC1=NCCS1)[C@H]1C[C@@H]2CC[C@H]1C2. The van der Waals surface area contributed by atoms with Gasteiger partial charge in [0.1, 0.15) is 0 Å². The summed E-state index contributed by atoms with van der Waals surface area (Å²) >= 11 is 1.67. The number of carbonyl (C=O) groups excluding carboxylic acids is 1. The summed E-state index contributed by atoms with van der Waals surface area (Å²) in [6, 6.07) is 0. The number of hydrogen-bond acceptors (Lipinski definition) is 3. The minimum atomic E-state index is 0.232. The maximum absolute atomic E-state index is 12.0. The summed E-state index contributed by atoms with van der Waals surface area (Å²) in [6.45, 7) is 0.858. The predicted molar refractivity (Wildman–Crippen MR) is 61.8 cm³/mol. The van der Waals surface area contributed by atoms with Crippen molar-refractivity contribution >= 4 is 22.8 Å². The van der Waals surface area contributed by atoms with E-state index in [9.17, 15) is 4.79 Å². The molecule has 0 spiro atoms. The summed E-state index contributed by atoms with van der Waals surface area (Å²) in [5, 5.41) is 3.83. The molecule has 82 valence electrons. The third kappa shape index (κ3) is 1.80. The van der Waals surface area contributed by atoms with Crippen LogP contribution in [0, 0.1) is 17.8 Å². The van der Waals surface area contributed by atoms with Gasteiger partial charge in [-0.25, -0.2) is 0 Å². The van der Waals surface area contributed by atoms with Gasteiger partial charge in [0.05, 0.1) is 6.54 Å². The van der Waals surface area contributed by atoms with Gasteiger partial charge in [-0.05, 0) is 31.1 Å². The fourth-order valence-corrected chi connectivity index (χ4v) is 3.91.